The highest BCUT2D eigenvalue weighted by Gasteiger charge is 2.58. The Balaban J connectivity index is 1.19. The van der Waals surface area contributed by atoms with E-state index >= 15 is 0 Å². The molecule has 2 bridgehead atoms. The molecule has 1 saturated heterocycles. The molecule has 0 radical (unpaired) electrons. The summed E-state index contributed by atoms with van der Waals surface area (Å²) < 4.78 is 5.26. The van der Waals surface area contributed by atoms with Gasteiger partial charge in [0.15, 0.2) is 5.96 Å². The Labute approximate surface area is 173 Å². The molecular weight excluding hydrogens is 368 g/mol. The number of likely N-dealkylation sites (tertiary alicyclic amines) is 1. The lowest BCUT2D eigenvalue weighted by Crippen LogP contribution is -2.47. The van der Waals surface area contributed by atoms with Gasteiger partial charge in [0.25, 0.3) is 0 Å². The number of fused-ring (bicyclic) bond motifs is 5. The Morgan fingerprint density at radius 2 is 1.90 bits per heavy atom. The number of carbonyl (C=O) groups is 2. The predicted octanol–water partition coefficient (Wildman–Crippen LogP) is 1.56. The minimum Gasteiger partial charge on any atom is -0.385 e. The van der Waals surface area contributed by atoms with E-state index in [1.165, 1.54) is 24.2 Å². The van der Waals surface area contributed by atoms with Gasteiger partial charge in [-0.3, -0.25) is 19.5 Å². The van der Waals surface area contributed by atoms with E-state index in [0.29, 0.717) is 18.5 Å². The van der Waals surface area contributed by atoms with Crippen molar-refractivity contribution in [3.8, 4) is 0 Å². The lowest BCUT2D eigenvalue weighted by atomic mass is 9.67. The number of carbonyl (C=O) groups excluding carboxylic acids is 2. The summed E-state index contributed by atoms with van der Waals surface area (Å²) in [6.45, 7) is 2.87. The highest BCUT2D eigenvalue weighted by Crippen LogP contribution is 2.52. The highest BCUT2D eigenvalue weighted by atomic mass is 16.5. The van der Waals surface area contributed by atoms with Gasteiger partial charge < -0.3 is 15.4 Å². The van der Waals surface area contributed by atoms with Gasteiger partial charge in [-0.05, 0) is 49.4 Å². The molecular formula is C22H34N4O3. The van der Waals surface area contributed by atoms with Crippen LogP contribution >= 0.6 is 0 Å². The normalized spacial score (nSPS) is 31.9. The Kier molecular flexibility index (Phi) is 5.95. The third-order valence-electron chi connectivity index (χ3n) is 7.52. The van der Waals surface area contributed by atoms with Crippen LogP contribution in [0.5, 0.6) is 0 Å². The molecule has 1 aliphatic heterocycles. The van der Waals surface area contributed by atoms with E-state index in [0.717, 1.165) is 38.4 Å². The minimum absolute atomic E-state index is 0.0458. The molecule has 2 saturated carbocycles. The molecule has 7 heteroatoms. The second-order valence-electron chi connectivity index (χ2n) is 9.13. The van der Waals surface area contributed by atoms with E-state index in [-0.39, 0.29) is 35.5 Å². The summed E-state index contributed by atoms with van der Waals surface area (Å²) in [4.78, 5) is 31.2. The summed E-state index contributed by atoms with van der Waals surface area (Å²) in [5.74, 6) is 1.26. The van der Waals surface area contributed by atoms with Crippen LogP contribution in [0.15, 0.2) is 17.1 Å². The van der Waals surface area contributed by atoms with Gasteiger partial charge in [-0.25, -0.2) is 0 Å². The molecule has 0 spiro atoms. The van der Waals surface area contributed by atoms with Gasteiger partial charge in [-0.2, -0.15) is 0 Å². The second-order valence-corrected chi connectivity index (χ2v) is 9.13. The molecule has 160 valence electrons. The van der Waals surface area contributed by atoms with Gasteiger partial charge in [-0.1, -0.05) is 18.6 Å². The van der Waals surface area contributed by atoms with E-state index in [9.17, 15) is 9.59 Å². The molecule has 29 heavy (non-hydrogen) atoms. The van der Waals surface area contributed by atoms with Gasteiger partial charge in [0.05, 0.1) is 11.8 Å². The number of imide groups is 1. The molecule has 3 aliphatic carbocycles. The number of aliphatic imine (C=N–C) groups is 1. The quantitative estimate of drug-likeness (QED) is 0.201. The first-order chi connectivity index (χ1) is 14.1. The van der Waals surface area contributed by atoms with E-state index < -0.39 is 0 Å². The summed E-state index contributed by atoms with van der Waals surface area (Å²) in [5, 5.41) is 6.77. The summed E-state index contributed by atoms with van der Waals surface area (Å²) in [7, 11) is 3.53. The fraction of sp³-hybridized carbons (Fsp3) is 0.773. The van der Waals surface area contributed by atoms with E-state index in [1.54, 1.807) is 14.2 Å². The zero-order chi connectivity index (χ0) is 20.4. The van der Waals surface area contributed by atoms with Crippen molar-refractivity contribution < 1.29 is 14.3 Å². The summed E-state index contributed by atoms with van der Waals surface area (Å²) in [6, 6.07) is 0. The smallest absolute Gasteiger partial charge is 0.233 e. The number of nitrogens with zero attached hydrogens (tertiary/aromatic N) is 2. The van der Waals surface area contributed by atoms with Gasteiger partial charge in [0.2, 0.25) is 11.8 Å². The number of nitrogens with one attached hydrogen (secondary N) is 2. The van der Waals surface area contributed by atoms with Gasteiger partial charge in [-0.15, -0.1) is 0 Å². The summed E-state index contributed by atoms with van der Waals surface area (Å²) in [5.41, 5.74) is 0.327. The SMILES string of the molecule is CN=C(NCCCN1C(=O)C2C3C=CC(C3)C2C1=O)NCC1(CCOC)CCC1. The molecule has 0 aromatic rings. The number of methoxy groups -OCH3 is 1. The van der Waals surface area contributed by atoms with Crippen LogP contribution in [-0.4, -0.2) is 63.1 Å². The number of guanidine groups is 1. The monoisotopic (exact) mass is 402 g/mol. The number of amides is 2. The standard InChI is InChI=1S/C22H34N4O3/c1-23-21(25-14-22(7-3-8-22)9-12-29-2)24-10-4-11-26-19(27)17-15-5-6-16(13-15)18(17)20(26)28/h5-6,15-18H,3-4,7-14H2,1-2H3,(H2,23,24,25). The number of hydrogen-bond acceptors (Lipinski definition) is 4. The zero-order valence-electron chi connectivity index (χ0n) is 17.7. The fourth-order valence-electron chi connectivity index (χ4n) is 5.63. The lowest BCUT2D eigenvalue weighted by molar-refractivity contribution is -0.140. The first-order valence-electron chi connectivity index (χ1n) is 11.1. The molecule has 4 aliphatic rings. The lowest BCUT2D eigenvalue weighted by Gasteiger charge is -2.42. The predicted molar refractivity (Wildman–Crippen MR) is 111 cm³/mol. The van der Waals surface area contributed by atoms with E-state index in [2.05, 4.69) is 27.8 Å². The van der Waals surface area contributed by atoms with E-state index in [1.807, 2.05) is 0 Å². The van der Waals surface area contributed by atoms with Crippen LogP contribution in [0.2, 0.25) is 0 Å². The number of hydrogen-bond donors (Lipinski definition) is 2. The largest absolute Gasteiger partial charge is 0.385 e. The van der Waals surface area contributed by atoms with Crippen molar-refractivity contribution in [2.75, 3.05) is 40.4 Å². The topological polar surface area (TPSA) is 83.0 Å². The average molecular weight is 403 g/mol. The molecule has 4 rings (SSSR count). The van der Waals surface area contributed by atoms with Crippen LogP contribution in [0.25, 0.3) is 0 Å². The first-order valence-corrected chi connectivity index (χ1v) is 11.1. The number of rotatable bonds is 9. The molecule has 0 aromatic carbocycles. The maximum absolute atomic E-state index is 12.7. The molecule has 1 heterocycles. The van der Waals surface area contributed by atoms with Gasteiger partial charge >= 0.3 is 0 Å². The minimum atomic E-state index is -0.0920. The molecule has 2 amide bonds. The summed E-state index contributed by atoms with van der Waals surface area (Å²) >= 11 is 0. The highest BCUT2D eigenvalue weighted by molar-refractivity contribution is 6.06. The second kappa shape index (κ2) is 8.46. The average Bonchev–Trinajstić information content (AvgIpc) is 3.37. The van der Waals surface area contributed by atoms with Crippen LogP contribution in [-0.2, 0) is 14.3 Å². The zero-order valence-corrected chi connectivity index (χ0v) is 17.7. The van der Waals surface area contributed by atoms with Gasteiger partial charge in [0.1, 0.15) is 0 Å². The number of allylic oxidation sites excluding steroid dienone is 2. The van der Waals surface area contributed by atoms with E-state index in [4.69, 9.17) is 4.74 Å². The van der Waals surface area contributed by atoms with Crippen molar-refractivity contribution in [2.24, 2.45) is 34.1 Å². The number of ether oxygens (including phenoxy) is 1. The molecule has 7 nitrogen and oxygen atoms in total. The Morgan fingerprint density at radius 3 is 2.45 bits per heavy atom. The fourth-order valence-corrected chi connectivity index (χ4v) is 5.63. The molecule has 4 atom stereocenters. The molecule has 4 unspecified atom stereocenters. The van der Waals surface area contributed by atoms with Crippen LogP contribution < -0.4 is 10.6 Å². The Bertz CT molecular complexity index is 670. The Morgan fingerprint density at radius 1 is 1.21 bits per heavy atom. The molecule has 0 aromatic heterocycles. The van der Waals surface area contributed by atoms with Crippen LogP contribution in [0, 0.1) is 29.1 Å². The van der Waals surface area contributed by atoms with Crippen molar-refractivity contribution in [1.29, 1.82) is 0 Å². The maximum Gasteiger partial charge on any atom is 0.233 e. The van der Waals surface area contributed by atoms with Crippen molar-refractivity contribution in [1.82, 2.24) is 15.5 Å². The first kappa shape index (κ1) is 20.4. The summed E-state index contributed by atoms with van der Waals surface area (Å²) in [6.07, 6.45) is 10.8. The molecule has 2 N–H and O–H groups in total. The van der Waals surface area contributed by atoms with Crippen LogP contribution in [0.3, 0.4) is 0 Å². The van der Waals surface area contributed by atoms with Crippen molar-refractivity contribution in [3.63, 3.8) is 0 Å². The maximum atomic E-state index is 12.7. The third-order valence-corrected chi connectivity index (χ3v) is 7.52. The molecule has 3 fully saturated rings. The van der Waals surface area contributed by atoms with Crippen molar-refractivity contribution in [3.05, 3.63) is 12.2 Å². The Hall–Kier alpha value is -1.89. The van der Waals surface area contributed by atoms with Crippen LogP contribution in [0.1, 0.15) is 38.5 Å². The van der Waals surface area contributed by atoms with Crippen LogP contribution in [0.4, 0.5) is 0 Å². The van der Waals surface area contributed by atoms with Crippen molar-refractivity contribution in [2.45, 2.75) is 38.5 Å². The third kappa shape index (κ3) is 3.81. The van der Waals surface area contributed by atoms with Crippen molar-refractivity contribution >= 4 is 17.8 Å². The van der Waals surface area contributed by atoms with Gasteiger partial charge in [0, 0.05) is 40.4 Å².